The zero-order valence-corrected chi connectivity index (χ0v) is 20.9. The van der Waals surface area contributed by atoms with Crippen molar-refractivity contribution < 1.29 is 18.6 Å². The van der Waals surface area contributed by atoms with Crippen LogP contribution in [0.3, 0.4) is 0 Å². The molecule has 0 unspecified atom stereocenters. The van der Waals surface area contributed by atoms with Crippen molar-refractivity contribution in [3.8, 4) is 34.7 Å². The molecule has 5 aromatic rings. The van der Waals surface area contributed by atoms with Gasteiger partial charge in [-0.05, 0) is 61.0 Å². The Morgan fingerprint density at radius 3 is 2.51 bits per heavy atom. The largest absolute Gasteiger partial charge is 0.493 e. The maximum absolute atomic E-state index is 6.12. The highest BCUT2D eigenvalue weighted by Gasteiger charge is 2.19. The number of rotatable bonds is 8. The first kappa shape index (κ1) is 22.7. The summed E-state index contributed by atoms with van der Waals surface area (Å²) in [5, 5.41) is 7.98. The summed E-state index contributed by atoms with van der Waals surface area (Å²) in [7, 11) is 3.22. The van der Waals surface area contributed by atoms with Crippen LogP contribution in [0.15, 0.2) is 69.8 Å². The van der Waals surface area contributed by atoms with E-state index in [1.807, 2.05) is 55.5 Å². The smallest absolute Gasteiger partial charge is 0.229 e. The lowest BCUT2D eigenvalue weighted by Gasteiger charge is -2.14. The number of nitrogens with one attached hydrogen (secondary N) is 1. The van der Waals surface area contributed by atoms with E-state index in [0.29, 0.717) is 52.9 Å². The van der Waals surface area contributed by atoms with Crippen LogP contribution in [0.4, 0.5) is 5.95 Å². The van der Waals surface area contributed by atoms with Crippen LogP contribution in [0, 0.1) is 6.92 Å². The van der Waals surface area contributed by atoms with Crippen LogP contribution in [0.5, 0.6) is 23.1 Å². The summed E-state index contributed by atoms with van der Waals surface area (Å²) in [6.07, 6.45) is 1.59. The minimum absolute atomic E-state index is 0.424. The van der Waals surface area contributed by atoms with E-state index in [1.54, 1.807) is 31.1 Å². The summed E-state index contributed by atoms with van der Waals surface area (Å²) in [6.45, 7) is 2.36. The third-order valence-electron chi connectivity index (χ3n) is 5.34. The molecule has 0 saturated heterocycles. The number of methoxy groups -OCH3 is 2. The van der Waals surface area contributed by atoms with Crippen molar-refractivity contribution in [1.29, 1.82) is 0 Å². The van der Waals surface area contributed by atoms with E-state index in [9.17, 15) is 0 Å². The van der Waals surface area contributed by atoms with Gasteiger partial charge in [-0.25, -0.2) is 4.98 Å². The van der Waals surface area contributed by atoms with E-state index < -0.39 is 0 Å². The number of nitrogens with zero attached hydrogens (tertiary/aromatic N) is 4. The number of hydrogen-bond donors (Lipinski definition) is 1. The molecule has 178 valence electrons. The lowest BCUT2D eigenvalue weighted by atomic mass is 10.2. The Labute approximate surface area is 209 Å². The number of ether oxygens (including phenoxy) is 3. The van der Waals surface area contributed by atoms with Gasteiger partial charge in [-0.2, -0.15) is 9.50 Å². The summed E-state index contributed by atoms with van der Waals surface area (Å²) in [5.41, 5.74) is 2.32. The Morgan fingerprint density at radius 2 is 1.80 bits per heavy atom. The molecule has 0 bridgehead atoms. The molecule has 0 aliphatic carbocycles. The van der Waals surface area contributed by atoms with Crippen LogP contribution in [0.1, 0.15) is 11.1 Å². The third-order valence-corrected chi connectivity index (χ3v) is 5.87. The highest BCUT2D eigenvalue weighted by Crippen LogP contribution is 2.31. The average Bonchev–Trinajstić information content (AvgIpc) is 3.57. The van der Waals surface area contributed by atoms with E-state index in [-0.39, 0.29) is 0 Å². The Kier molecular flexibility index (Phi) is 6.28. The predicted octanol–water partition coefficient (Wildman–Crippen LogP) is 5.88. The van der Waals surface area contributed by atoms with Gasteiger partial charge >= 0.3 is 0 Å². The Bertz CT molecular complexity index is 1470. The highest BCUT2D eigenvalue weighted by atomic mass is 79.9. The Hall–Kier alpha value is -4.05. The molecule has 35 heavy (non-hydrogen) atoms. The van der Waals surface area contributed by atoms with Gasteiger partial charge in [-0.15, -0.1) is 5.10 Å². The highest BCUT2D eigenvalue weighted by molar-refractivity contribution is 9.10. The molecule has 2 aromatic carbocycles. The average molecular weight is 536 g/mol. The first-order chi connectivity index (χ1) is 17.1. The van der Waals surface area contributed by atoms with Gasteiger partial charge in [-0.1, -0.05) is 22.0 Å². The van der Waals surface area contributed by atoms with Crippen molar-refractivity contribution in [3.05, 3.63) is 76.5 Å². The van der Waals surface area contributed by atoms with Gasteiger partial charge in [0.1, 0.15) is 5.75 Å². The van der Waals surface area contributed by atoms with Gasteiger partial charge in [0.2, 0.25) is 17.7 Å². The second-order valence-corrected chi connectivity index (χ2v) is 8.53. The first-order valence-electron chi connectivity index (χ1n) is 10.7. The molecule has 0 radical (unpaired) electrons. The minimum atomic E-state index is 0.424. The zero-order valence-electron chi connectivity index (χ0n) is 19.3. The van der Waals surface area contributed by atoms with E-state index in [1.165, 1.54) is 0 Å². The van der Waals surface area contributed by atoms with Gasteiger partial charge in [-0.3, -0.25) is 0 Å². The van der Waals surface area contributed by atoms with Crippen LogP contribution >= 0.6 is 15.9 Å². The molecule has 1 N–H and O–H groups in total. The van der Waals surface area contributed by atoms with Crippen molar-refractivity contribution >= 4 is 27.5 Å². The van der Waals surface area contributed by atoms with Crippen LogP contribution < -0.4 is 19.5 Å². The number of hydrogen-bond acceptors (Lipinski definition) is 8. The maximum Gasteiger partial charge on any atom is 0.229 e. The monoisotopic (exact) mass is 535 g/mol. The fraction of sp³-hybridized carbons (Fsp3) is 0.160. The Balaban J connectivity index is 1.53. The molecule has 3 aromatic heterocycles. The fourth-order valence-corrected chi connectivity index (χ4v) is 3.80. The van der Waals surface area contributed by atoms with Crippen molar-refractivity contribution in [2.45, 2.75) is 13.5 Å². The zero-order chi connectivity index (χ0) is 24.4. The quantitative estimate of drug-likeness (QED) is 0.263. The summed E-state index contributed by atoms with van der Waals surface area (Å²) in [6, 6.07) is 16.9. The summed E-state index contributed by atoms with van der Waals surface area (Å²) in [5.74, 6) is 3.88. The maximum atomic E-state index is 6.12. The second kappa shape index (κ2) is 9.67. The number of furan rings is 1. The van der Waals surface area contributed by atoms with E-state index in [0.717, 1.165) is 15.6 Å². The molecule has 0 spiro atoms. The summed E-state index contributed by atoms with van der Waals surface area (Å²) in [4.78, 5) is 9.42. The summed E-state index contributed by atoms with van der Waals surface area (Å²) >= 11 is 3.44. The second-order valence-electron chi connectivity index (χ2n) is 7.61. The molecule has 0 amide bonds. The topological polar surface area (TPSA) is 95.9 Å². The van der Waals surface area contributed by atoms with E-state index in [4.69, 9.17) is 28.6 Å². The number of aryl methyl sites for hydroxylation is 1. The molecular weight excluding hydrogens is 514 g/mol. The van der Waals surface area contributed by atoms with Crippen molar-refractivity contribution in [3.63, 3.8) is 0 Å². The van der Waals surface area contributed by atoms with Crippen LogP contribution in [0.2, 0.25) is 0 Å². The minimum Gasteiger partial charge on any atom is -0.493 e. The number of halogens is 1. The number of fused-ring (bicyclic) bond motifs is 1. The lowest BCUT2D eigenvalue weighted by Crippen LogP contribution is -2.10. The van der Waals surface area contributed by atoms with Crippen molar-refractivity contribution in [1.82, 2.24) is 19.6 Å². The lowest BCUT2D eigenvalue weighted by molar-refractivity contribution is 0.354. The van der Waals surface area contributed by atoms with Gasteiger partial charge < -0.3 is 23.9 Å². The molecule has 0 aliphatic heterocycles. The normalized spacial score (nSPS) is 11.0. The molecule has 0 fully saturated rings. The molecule has 0 atom stereocenters. The van der Waals surface area contributed by atoms with Crippen molar-refractivity contribution in [2.24, 2.45) is 0 Å². The predicted molar refractivity (Wildman–Crippen MR) is 134 cm³/mol. The van der Waals surface area contributed by atoms with Crippen LogP contribution in [-0.4, -0.2) is 33.8 Å². The van der Waals surface area contributed by atoms with Gasteiger partial charge in [0, 0.05) is 11.0 Å². The Morgan fingerprint density at radius 1 is 1.00 bits per heavy atom. The molecule has 5 rings (SSSR count). The van der Waals surface area contributed by atoms with Crippen molar-refractivity contribution in [2.75, 3.05) is 19.5 Å². The van der Waals surface area contributed by atoms with E-state index >= 15 is 0 Å². The number of anilines is 1. The molecule has 9 nitrogen and oxygen atoms in total. The van der Waals surface area contributed by atoms with Gasteiger partial charge in [0.25, 0.3) is 0 Å². The fourth-order valence-electron chi connectivity index (χ4n) is 3.54. The van der Waals surface area contributed by atoms with E-state index in [2.05, 4.69) is 26.3 Å². The third kappa shape index (κ3) is 4.65. The molecule has 3 heterocycles. The SMILES string of the molecule is COc1ccc(CNc2nc(Oc3ccc(Br)cc3)c(C)c3nc(-c4ccco4)nn23)cc1OC. The standard InChI is InChI=1S/C25H22BrN5O4/c1-15-23-28-22(20-5-4-12-34-20)30-31(23)25(29-24(15)35-18-9-7-17(26)8-10-18)27-14-16-6-11-19(32-2)21(13-16)33-3/h4-13H,14H2,1-3H3,(H,27,29). The first-order valence-corrected chi connectivity index (χ1v) is 11.5. The number of aromatic nitrogens is 4. The molecule has 10 heteroatoms. The van der Waals surface area contributed by atoms with Crippen LogP contribution in [-0.2, 0) is 6.54 Å². The van der Waals surface area contributed by atoms with Gasteiger partial charge in [0.15, 0.2) is 22.9 Å². The number of benzene rings is 2. The summed E-state index contributed by atoms with van der Waals surface area (Å²) < 4.78 is 25.0. The molecular formula is C25H22BrN5O4. The molecule has 0 saturated carbocycles. The molecule has 0 aliphatic rings. The van der Waals surface area contributed by atoms with Crippen LogP contribution in [0.25, 0.3) is 17.2 Å². The van der Waals surface area contributed by atoms with Gasteiger partial charge in [0.05, 0.1) is 26.0 Å².